The summed E-state index contributed by atoms with van der Waals surface area (Å²) in [6.07, 6.45) is 1.43. The molecule has 4 aromatic carbocycles. The molecule has 0 radical (unpaired) electrons. The zero-order valence-corrected chi connectivity index (χ0v) is 26.5. The molecule has 2 amide bonds. The zero-order chi connectivity index (χ0) is 31.7. The molecule has 0 fully saturated rings. The van der Waals surface area contributed by atoms with E-state index in [1.807, 2.05) is 24.3 Å². The second-order valence-electron chi connectivity index (χ2n) is 12.8. The molecule has 4 atom stereocenters. The molecule has 1 aliphatic heterocycles. The molecule has 8 bridgehead atoms. The third kappa shape index (κ3) is 5.27. The smallest absolute Gasteiger partial charge is 0.251 e. The molecule has 4 aromatic rings. The molecule has 6 aliphatic carbocycles. The first kappa shape index (κ1) is 30.1. The lowest BCUT2D eigenvalue weighted by molar-refractivity contribution is 0.0139. The summed E-state index contributed by atoms with van der Waals surface area (Å²) in [4.78, 5) is 28.0. The van der Waals surface area contributed by atoms with Gasteiger partial charge >= 0.3 is 0 Å². The topological polar surface area (TPSA) is 85.9 Å². The van der Waals surface area contributed by atoms with Crippen molar-refractivity contribution in [1.29, 1.82) is 0 Å². The summed E-state index contributed by atoms with van der Waals surface area (Å²) in [5.41, 5.74) is 11.2. The Morgan fingerprint density at radius 1 is 0.426 bits per heavy atom. The van der Waals surface area contributed by atoms with Crippen LogP contribution in [0.5, 0.6) is 0 Å². The molecule has 1 heterocycles. The maximum atomic E-state index is 14.0. The average molecular weight is 629 g/mol. The Labute approximate surface area is 275 Å². The normalized spacial score (nSPS) is 24.3. The summed E-state index contributed by atoms with van der Waals surface area (Å²) in [7, 11) is 0. The van der Waals surface area contributed by atoms with Gasteiger partial charge in [-0.15, -0.1) is 0 Å². The largest absolute Gasteiger partial charge is 0.379 e. The second-order valence-corrected chi connectivity index (χ2v) is 12.8. The van der Waals surface area contributed by atoms with E-state index >= 15 is 0 Å². The fourth-order valence-electron chi connectivity index (χ4n) is 8.49. The van der Waals surface area contributed by atoms with Crippen molar-refractivity contribution in [2.45, 2.75) is 36.5 Å². The molecule has 0 unspecified atom stereocenters. The van der Waals surface area contributed by atoms with E-state index in [0.29, 0.717) is 52.7 Å². The highest BCUT2D eigenvalue weighted by atomic mass is 16.5. The number of carbonyl (C=O) groups excluding carboxylic acids is 2. The minimum Gasteiger partial charge on any atom is -0.379 e. The van der Waals surface area contributed by atoms with E-state index in [1.165, 1.54) is 33.4 Å². The summed E-state index contributed by atoms with van der Waals surface area (Å²) in [6, 6.07) is 30.0. The Bertz CT molecular complexity index is 1690. The molecule has 0 saturated carbocycles. The van der Waals surface area contributed by atoms with Crippen LogP contribution in [-0.2, 0) is 14.2 Å². The lowest BCUT2D eigenvalue weighted by atomic mass is 9.52. The molecule has 0 spiro atoms. The van der Waals surface area contributed by atoms with Crippen molar-refractivity contribution >= 4 is 11.8 Å². The second kappa shape index (κ2) is 13.1. The molecule has 11 rings (SSSR count). The first-order valence-corrected chi connectivity index (χ1v) is 17.0. The molecule has 240 valence electrons. The van der Waals surface area contributed by atoms with Gasteiger partial charge in [-0.1, -0.05) is 72.8 Å². The molecule has 0 saturated heterocycles. The number of carbonyl (C=O) groups is 2. The molecular formula is C40H40N2O5. The van der Waals surface area contributed by atoms with E-state index < -0.39 is 0 Å². The van der Waals surface area contributed by atoms with Crippen molar-refractivity contribution < 1.29 is 23.8 Å². The van der Waals surface area contributed by atoms with Crippen LogP contribution in [0, 0.1) is 0 Å². The summed E-state index contributed by atoms with van der Waals surface area (Å²) >= 11 is 0. The van der Waals surface area contributed by atoms with Crippen molar-refractivity contribution in [3.05, 3.63) is 141 Å². The van der Waals surface area contributed by atoms with Crippen LogP contribution < -0.4 is 10.6 Å². The van der Waals surface area contributed by atoms with Crippen molar-refractivity contribution in [3.8, 4) is 0 Å². The number of hydrogen-bond donors (Lipinski definition) is 2. The molecule has 0 aromatic heterocycles. The van der Waals surface area contributed by atoms with Crippen LogP contribution in [0.2, 0.25) is 0 Å². The van der Waals surface area contributed by atoms with Crippen molar-refractivity contribution in [1.82, 2.24) is 10.6 Å². The van der Waals surface area contributed by atoms with Crippen LogP contribution in [0.25, 0.3) is 0 Å². The Hall–Kier alpha value is -4.30. The minimum absolute atomic E-state index is 0.0548. The predicted octanol–water partition coefficient (Wildman–Crippen LogP) is 5.86. The zero-order valence-electron chi connectivity index (χ0n) is 26.5. The van der Waals surface area contributed by atoms with E-state index in [0.717, 1.165) is 35.1 Å². The van der Waals surface area contributed by atoms with Crippen LogP contribution in [0.4, 0.5) is 0 Å². The van der Waals surface area contributed by atoms with Gasteiger partial charge in [0.25, 0.3) is 11.8 Å². The van der Waals surface area contributed by atoms with Gasteiger partial charge in [0, 0.05) is 61.1 Å². The van der Waals surface area contributed by atoms with E-state index in [4.69, 9.17) is 14.2 Å². The first-order valence-electron chi connectivity index (χ1n) is 17.0. The summed E-state index contributed by atoms with van der Waals surface area (Å²) in [5, 5.41) is 6.39. The van der Waals surface area contributed by atoms with E-state index in [1.54, 1.807) is 0 Å². The van der Waals surface area contributed by atoms with Crippen molar-refractivity contribution in [2.24, 2.45) is 0 Å². The number of benzene rings is 4. The van der Waals surface area contributed by atoms with Gasteiger partial charge in [0.1, 0.15) is 0 Å². The Kier molecular flexibility index (Phi) is 8.36. The molecule has 47 heavy (non-hydrogen) atoms. The maximum Gasteiger partial charge on any atom is 0.251 e. The predicted molar refractivity (Wildman–Crippen MR) is 179 cm³/mol. The highest BCUT2D eigenvalue weighted by Crippen LogP contribution is 2.64. The summed E-state index contributed by atoms with van der Waals surface area (Å²) in [6.45, 7) is 4.15. The van der Waals surface area contributed by atoms with Crippen LogP contribution >= 0.6 is 0 Å². The van der Waals surface area contributed by atoms with Crippen molar-refractivity contribution in [3.63, 3.8) is 0 Å². The van der Waals surface area contributed by atoms with Gasteiger partial charge in [-0.05, 0) is 69.5 Å². The summed E-state index contributed by atoms with van der Waals surface area (Å²) in [5.74, 6) is -0.416. The van der Waals surface area contributed by atoms with Crippen LogP contribution in [0.3, 0.4) is 0 Å². The van der Waals surface area contributed by atoms with Crippen LogP contribution in [0.15, 0.2) is 84.9 Å². The molecule has 7 heteroatoms. The fraction of sp³-hybridized carbons (Fsp3) is 0.350. The third-order valence-corrected chi connectivity index (χ3v) is 10.3. The number of amides is 2. The lowest BCUT2D eigenvalue weighted by Crippen LogP contribution is -2.39. The Morgan fingerprint density at radius 3 is 1.21 bits per heavy atom. The van der Waals surface area contributed by atoms with E-state index in [9.17, 15) is 9.59 Å². The third-order valence-electron chi connectivity index (χ3n) is 10.3. The highest BCUT2D eigenvalue weighted by Gasteiger charge is 2.51. The summed E-state index contributed by atoms with van der Waals surface area (Å²) < 4.78 is 17.1. The SMILES string of the molecule is O=C1NCCCOCCOCCOCCCNC(=O)c2cccc3c2[C@@H]2c4ccccc4[C@H]3[C@@H]3c4ccccc4[C@H]2c2cccc1c23. The van der Waals surface area contributed by atoms with Gasteiger partial charge in [0.15, 0.2) is 0 Å². The minimum atomic E-state index is -0.0927. The quantitative estimate of drug-likeness (QED) is 0.255. The van der Waals surface area contributed by atoms with Crippen LogP contribution in [-0.4, -0.2) is 64.5 Å². The van der Waals surface area contributed by atoms with Gasteiger partial charge in [-0.2, -0.15) is 0 Å². The average Bonchev–Trinajstić information content (AvgIpc) is 3.09. The maximum absolute atomic E-state index is 14.0. The van der Waals surface area contributed by atoms with Gasteiger partial charge in [-0.25, -0.2) is 0 Å². The van der Waals surface area contributed by atoms with E-state index in [2.05, 4.69) is 71.3 Å². The number of hydrogen-bond acceptors (Lipinski definition) is 5. The van der Waals surface area contributed by atoms with Crippen molar-refractivity contribution in [2.75, 3.05) is 52.7 Å². The first-order chi connectivity index (χ1) is 23.2. The molecule has 2 N–H and O–H groups in total. The van der Waals surface area contributed by atoms with E-state index in [-0.39, 0.29) is 35.5 Å². The number of rotatable bonds is 0. The number of nitrogens with one attached hydrogen (secondary N) is 2. The monoisotopic (exact) mass is 628 g/mol. The molecular weight excluding hydrogens is 588 g/mol. The fourth-order valence-corrected chi connectivity index (χ4v) is 8.49. The highest BCUT2D eigenvalue weighted by molar-refractivity contribution is 5.98. The molecule has 7 nitrogen and oxygen atoms in total. The lowest BCUT2D eigenvalue weighted by Gasteiger charge is -2.50. The van der Waals surface area contributed by atoms with Gasteiger partial charge < -0.3 is 24.8 Å². The Morgan fingerprint density at radius 2 is 0.787 bits per heavy atom. The standard InChI is InChI=1S/C40H40N2O5/c43-39-31-15-5-13-29-33-25-9-1-3-11-27(25)37(35(29)31)34-26-10-2-4-12-28(26)38(33)36-30(34)14-6-16-32(36)40(44)42-18-8-20-46-22-24-47-23-21-45-19-7-17-41-39/h1-6,9-16,33-34,37-38H,7-8,17-24H2,(H,41,43)(H,42,44)/t33-,34+,37-,38+. The Balaban J connectivity index is 1.29. The van der Waals surface area contributed by atoms with Gasteiger partial charge in [0.05, 0.1) is 26.4 Å². The van der Waals surface area contributed by atoms with Gasteiger partial charge in [-0.3, -0.25) is 9.59 Å². The molecule has 7 aliphatic rings. The number of ether oxygens (including phenoxy) is 3. The van der Waals surface area contributed by atoms with Gasteiger partial charge in [0.2, 0.25) is 0 Å². The van der Waals surface area contributed by atoms with Crippen LogP contribution in [0.1, 0.15) is 102 Å².